The molecule has 0 bridgehead atoms. The number of hydrogen-bond donors (Lipinski definition) is 3. The lowest BCUT2D eigenvalue weighted by molar-refractivity contribution is 0.0782. The molecule has 2 amide bonds. The Bertz CT molecular complexity index is 1240. The van der Waals surface area contributed by atoms with Crippen LogP contribution in [0.25, 0.3) is 22.3 Å². The van der Waals surface area contributed by atoms with Crippen molar-refractivity contribution in [2.75, 3.05) is 42.3 Å². The molecule has 7 nitrogen and oxygen atoms in total. The summed E-state index contributed by atoms with van der Waals surface area (Å²) in [7, 11) is 0. The van der Waals surface area contributed by atoms with Crippen LogP contribution in [0.2, 0.25) is 0 Å². The number of fused-ring (bicyclic) bond motifs is 3. The number of ether oxygens (including phenoxy) is 1. The number of pyridine rings is 1. The van der Waals surface area contributed by atoms with Crippen LogP contribution in [0.5, 0.6) is 0 Å². The largest absolute Gasteiger partial charge is 0.398 e. The first-order valence-corrected chi connectivity index (χ1v) is 12.4. The molecule has 182 valence electrons. The standard InChI is InChI=1S/C28H33N5O2/c1-3-33-27-25(21-8-4-5-10-23(21)32-28(33)34)24(18(2)17-31-27)22-9-6-7-19(26(22)29)11-14-30-20-12-15-35-16-13-20/h4-10,17,20,30H,3,11-16,29H2,1-2H3,(H,32,34). The van der Waals surface area contributed by atoms with Gasteiger partial charge in [0, 0.05) is 54.4 Å². The number of benzene rings is 2. The summed E-state index contributed by atoms with van der Waals surface area (Å²) in [6, 6.07) is 14.5. The van der Waals surface area contributed by atoms with Gasteiger partial charge in [0.15, 0.2) is 0 Å². The Balaban J connectivity index is 1.57. The van der Waals surface area contributed by atoms with E-state index in [1.807, 2.05) is 37.4 Å². The molecule has 1 aromatic heterocycles. The van der Waals surface area contributed by atoms with Gasteiger partial charge in [0.25, 0.3) is 0 Å². The molecule has 35 heavy (non-hydrogen) atoms. The second-order valence-corrected chi connectivity index (χ2v) is 9.20. The Morgan fingerprint density at radius 2 is 1.89 bits per heavy atom. The van der Waals surface area contributed by atoms with Gasteiger partial charge in [-0.2, -0.15) is 0 Å². The Labute approximate surface area is 206 Å². The third-order valence-corrected chi connectivity index (χ3v) is 7.02. The van der Waals surface area contributed by atoms with E-state index in [0.29, 0.717) is 18.4 Å². The summed E-state index contributed by atoms with van der Waals surface area (Å²) in [5.74, 6) is 0.654. The number of nitrogens with one attached hydrogen (secondary N) is 2. The van der Waals surface area contributed by atoms with Gasteiger partial charge in [-0.1, -0.05) is 36.4 Å². The molecule has 1 fully saturated rings. The van der Waals surface area contributed by atoms with E-state index in [1.54, 1.807) is 4.90 Å². The molecule has 7 heteroatoms. The predicted octanol–water partition coefficient (Wildman–Crippen LogP) is 4.99. The molecule has 0 unspecified atom stereocenters. The zero-order valence-electron chi connectivity index (χ0n) is 20.4. The number of amides is 2. The number of rotatable bonds is 6. The number of nitrogens with zero attached hydrogens (tertiary/aromatic N) is 2. The average molecular weight is 472 g/mol. The summed E-state index contributed by atoms with van der Waals surface area (Å²) in [5.41, 5.74) is 14.4. The number of aromatic nitrogens is 1. The normalized spacial score (nSPS) is 15.8. The maximum Gasteiger partial charge on any atom is 0.327 e. The van der Waals surface area contributed by atoms with Crippen molar-refractivity contribution in [1.29, 1.82) is 0 Å². The van der Waals surface area contributed by atoms with Crippen molar-refractivity contribution < 1.29 is 9.53 Å². The lowest BCUT2D eigenvalue weighted by Gasteiger charge is -2.24. The monoisotopic (exact) mass is 471 g/mol. The van der Waals surface area contributed by atoms with E-state index in [0.717, 1.165) is 83.8 Å². The number of carbonyl (C=O) groups is 1. The van der Waals surface area contributed by atoms with E-state index >= 15 is 0 Å². The Kier molecular flexibility index (Phi) is 6.70. The average Bonchev–Trinajstić information content (AvgIpc) is 2.99. The molecule has 2 aliphatic rings. The van der Waals surface area contributed by atoms with Crippen LogP contribution in [0, 0.1) is 6.92 Å². The number of urea groups is 1. The quantitative estimate of drug-likeness (QED) is 0.441. The molecule has 0 radical (unpaired) electrons. The molecule has 0 atom stereocenters. The highest BCUT2D eigenvalue weighted by Gasteiger charge is 2.29. The van der Waals surface area contributed by atoms with Crippen molar-refractivity contribution in [2.45, 2.75) is 39.2 Å². The van der Waals surface area contributed by atoms with Gasteiger partial charge in [0.1, 0.15) is 5.82 Å². The summed E-state index contributed by atoms with van der Waals surface area (Å²) in [6.07, 6.45) is 4.80. The molecule has 3 aromatic rings. The summed E-state index contributed by atoms with van der Waals surface area (Å²) >= 11 is 0. The van der Waals surface area contributed by atoms with E-state index in [4.69, 9.17) is 15.5 Å². The molecule has 2 aromatic carbocycles. The van der Waals surface area contributed by atoms with Crippen molar-refractivity contribution in [3.8, 4) is 22.3 Å². The van der Waals surface area contributed by atoms with E-state index < -0.39 is 0 Å². The minimum atomic E-state index is -0.179. The van der Waals surface area contributed by atoms with Gasteiger partial charge in [0.05, 0.1) is 5.69 Å². The van der Waals surface area contributed by atoms with Gasteiger partial charge in [-0.3, -0.25) is 4.90 Å². The van der Waals surface area contributed by atoms with Crippen molar-refractivity contribution in [3.63, 3.8) is 0 Å². The van der Waals surface area contributed by atoms with Gasteiger partial charge in [-0.05, 0) is 62.4 Å². The summed E-state index contributed by atoms with van der Waals surface area (Å²) < 4.78 is 5.47. The lowest BCUT2D eigenvalue weighted by atomic mass is 9.89. The minimum absolute atomic E-state index is 0.179. The Morgan fingerprint density at radius 3 is 2.69 bits per heavy atom. The van der Waals surface area contributed by atoms with Crippen LogP contribution >= 0.6 is 0 Å². The second-order valence-electron chi connectivity index (χ2n) is 9.20. The van der Waals surface area contributed by atoms with E-state index in [2.05, 4.69) is 35.8 Å². The van der Waals surface area contributed by atoms with Gasteiger partial charge in [-0.15, -0.1) is 0 Å². The van der Waals surface area contributed by atoms with E-state index in [9.17, 15) is 4.79 Å². The van der Waals surface area contributed by atoms with Crippen molar-refractivity contribution in [3.05, 3.63) is 59.8 Å². The van der Waals surface area contributed by atoms with Gasteiger partial charge < -0.3 is 21.1 Å². The third kappa shape index (κ3) is 4.49. The van der Waals surface area contributed by atoms with Gasteiger partial charge in [0.2, 0.25) is 0 Å². The SMILES string of the molecule is CCN1C(=O)Nc2ccccc2-c2c1ncc(C)c2-c1cccc(CCNC2CCOCC2)c1N. The van der Waals surface area contributed by atoms with Crippen LogP contribution < -0.4 is 21.3 Å². The molecule has 4 N–H and O–H groups in total. The summed E-state index contributed by atoms with van der Waals surface area (Å²) in [5, 5.41) is 6.71. The zero-order chi connectivity index (χ0) is 24.4. The van der Waals surface area contributed by atoms with Crippen LogP contribution in [0.15, 0.2) is 48.7 Å². The predicted molar refractivity (Wildman–Crippen MR) is 142 cm³/mol. The Hall–Kier alpha value is -3.42. The molecular formula is C28H33N5O2. The fourth-order valence-corrected chi connectivity index (χ4v) is 5.15. The van der Waals surface area contributed by atoms with E-state index in [1.165, 1.54) is 0 Å². The van der Waals surface area contributed by atoms with Crippen molar-refractivity contribution in [1.82, 2.24) is 10.3 Å². The fraction of sp³-hybridized carbons (Fsp3) is 0.357. The molecule has 1 saturated heterocycles. The number of carbonyl (C=O) groups excluding carboxylic acids is 1. The summed E-state index contributed by atoms with van der Waals surface area (Å²) in [4.78, 5) is 19.4. The number of nitrogens with two attached hydrogens (primary N) is 1. The maximum atomic E-state index is 13.0. The molecule has 0 spiro atoms. The Morgan fingerprint density at radius 1 is 1.11 bits per heavy atom. The van der Waals surface area contributed by atoms with Crippen LogP contribution in [-0.2, 0) is 11.2 Å². The highest BCUT2D eigenvalue weighted by molar-refractivity contribution is 6.12. The number of para-hydroxylation sites is 2. The fourth-order valence-electron chi connectivity index (χ4n) is 5.15. The smallest absolute Gasteiger partial charge is 0.327 e. The molecule has 0 saturated carbocycles. The van der Waals surface area contributed by atoms with Crippen LogP contribution in [0.4, 0.5) is 22.0 Å². The molecule has 2 aliphatic heterocycles. The number of hydrogen-bond acceptors (Lipinski definition) is 5. The van der Waals surface area contributed by atoms with Crippen LogP contribution in [-0.4, -0.2) is 43.4 Å². The first-order valence-electron chi connectivity index (χ1n) is 12.4. The number of aryl methyl sites for hydroxylation is 1. The van der Waals surface area contributed by atoms with Crippen LogP contribution in [0.1, 0.15) is 30.9 Å². The van der Waals surface area contributed by atoms with Crippen molar-refractivity contribution >= 4 is 23.2 Å². The maximum absolute atomic E-state index is 13.0. The van der Waals surface area contributed by atoms with Gasteiger partial charge in [-0.25, -0.2) is 9.78 Å². The third-order valence-electron chi connectivity index (χ3n) is 7.02. The topological polar surface area (TPSA) is 92.5 Å². The number of nitrogen functional groups attached to an aromatic ring is 1. The number of anilines is 3. The molecular weight excluding hydrogens is 438 g/mol. The first-order chi connectivity index (χ1) is 17.1. The first kappa shape index (κ1) is 23.3. The highest BCUT2D eigenvalue weighted by Crippen LogP contribution is 2.46. The van der Waals surface area contributed by atoms with Crippen molar-refractivity contribution in [2.24, 2.45) is 0 Å². The van der Waals surface area contributed by atoms with E-state index in [-0.39, 0.29) is 6.03 Å². The lowest BCUT2D eigenvalue weighted by Crippen LogP contribution is -2.36. The molecule has 5 rings (SSSR count). The molecule has 0 aliphatic carbocycles. The second kappa shape index (κ2) is 10.1. The summed E-state index contributed by atoms with van der Waals surface area (Å²) in [6.45, 7) is 7.05. The highest BCUT2D eigenvalue weighted by atomic mass is 16.5. The van der Waals surface area contributed by atoms with Crippen LogP contribution in [0.3, 0.4) is 0 Å². The minimum Gasteiger partial charge on any atom is -0.398 e. The van der Waals surface area contributed by atoms with Gasteiger partial charge >= 0.3 is 6.03 Å². The molecule has 3 heterocycles. The zero-order valence-corrected chi connectivity index (χ0v) is 20.4.